The second kappa shape index (κ2) is 7.39. The van der Waals surface area contributed by atoms with E-state index in [1.54, 1.807) is 6.92 Å². The first-order chi connectivity index (χ1) is 11.3. The number of carbonyl (C=O) groups excluding carboxylic acids is 1. The molecule has 24 heavy (non-hydrogen) atoms. The first kappa shape index (κ1) is 17.9. The van der Waals surface area contributed by atoms with E-state index in [1.807, 2.05) is 0 Å². The Kier molecular flexibility index (Phi) is 5.50. The zero-order chi connectivity index (χ0) is 17.7. The quantitative estimate of drug-likeness (QED) is 0.863. The second-order valence-electron chi connectivity index (χ2n) is 4.79. The lowest BCUT2D eigenvalue weighted by Crippen LogP contribution is -2.12. The zero-order valence-corrected chi connectivity index (χ0v) is 13.5. The summed E-state index contributed by atoms with van der Waals surface area (Å²) in [5.41, 5.74) is 0.522. The van der Waals surface area contributed by atoms with E-state index in [9.17, 15) is 22.0 Å². The van der Waals surface area contributed by atoms with Crippen LogP contribution in [-0.4, -0.2) is 26.7 Å². The van der Waals surface area contributed by atoms with Crippen LogP contribution in [0.5, 0.6) is 5.75 Å². The molecular weight excluding hydrogens is 340 g/mol. The van der Waals surface area contributed by atoms with Crippen LogP contribution in [0.25, 0.3) is 0 Å². The van der Waals surface area contributed by atoms with Gasteiger partial charge in [0.2, 0.25) is 0 Å². The summed E-state index contributed by atoms with van der Waals surface area (Å²) in [6, 6.07) is 11.1. The van der Waals surface area contributed by atoms with Crippen LogP contribution < -0.4 is 10.1 Å². The molecule has 8 heteroatoms. The summed E-state index contributed by atoms with van der Waals surface area (Å²) < 4.78 is 52.1. The number of sulfone groups is 1. The third-order valence-corrected chi connectivity index (χ3v) is 4.92. The van der Waals surface area contributed by atoms with E-state index in [-0.39, 0.29) is 22.0 Å². The number of benzene rings is 2. The van der Waals surface area contributed by atoms with Crippen molar-refractivity contribution in [1.29, 1.82) is 0 Å². The van der Waals surface area contributed by atoms with Gasteiger partial charge >= 0.3 is 6.61 Å². The molecule has 0 aliphatic rings. The Labute approximate surface area is 138 Å². The van der Waals surface area contributed by atoms with Crippen molar-refractivity contribution in [2.24, 2.45) is 0 Å². The van der Waals surface area contributed by atoms with E-state index in [2.05, 4.69) is 10.1 Å². The summed E-state index contributed by atoms with van der Waals surface area (Å²) >= 11 is 0. The van der Waals surface area contributed by atoms with Gasteiger partial charge in [-0.25, -0.2) is 8.42 Å². The predicted molar refractivity (Wildman–Crippen MR) is 85.2 cm³/mol. The number of alkyl halides is 2. The molecule has 1 N–H and O–H groups in total. The molecule has 0 saturated carbocycles. The average molecular weight is 355 g/mol. The number of carbonyl (C=O) groups is 1. The SMILES string of the molecule is CCS(=O)(=O)c1ccc(NC(=O)c2cccc(OC(F)F)c2)cc1. The fourth-order valence-corrected chi connectivity index (χ4v) is 2.81. The molecule has 5 nitrogen and oxygen atoms in total. The lowest BCUT2D eigenvalue weighted by atomic mass is 10.2. The molecule has 128 valence electrons. The van der Waals surface area contributed by atoms with Crippen LogP contribution in [0.3, 0.4) is 0 Å². The van der Waals surface area contributed by atoms with Gasteiger partial charge in [0, 0.05) is 11.3 Å². The molecule has 0 bridgehead atoms. The van der Waals surface area contributed by atoms with E-state index in [4.69, 9.17) is 0 Å². The average Bonchev–Trinajstić information content (AvgIpc) is 2.55. The molecule has 0 radical (unpaired) electrons. The molecule has 0 saturated heterocycles. The fourth-order valence-electron chi connectivity index (χ4n) is 1.93. The van der Waals surface area contributed by atoms with E-state index >= 15 is 0 Å². The number of amides is 1. The van der Waals surface area contributed by atoms with Crippen molar-refractivity contribution in [2.45, 2.75) is 18.4 Å². The van der Waals surface area contributed by atoms with Crippen molar-refractivity contribution in [3.63, 3.8) is 0 Å². The number of halogens is 2. The molecule has 0 fully saturated rings. The van der Waals surface area contributed by atoms with Crippen molar-refractivity contribution in [1.82, 2.24) is 0 Å². The Balaban J connectivity index is 2.12. The van der Waals surface area contributed by atoms with Gasteiger partial charge in [0.25, 0.3) is 5.91 Å². The molecule has 0 aliphatic carbocycles. The van der Waals surface area contributed by atoms with Crippen LogP contribution in [0.15, 0.2) is 53.4 Å². The minimum absolute atomic E-state index is 0.0182. The largest absolute Gasteiger partial charge is 0.435 e. The highest BCUT2D eigenvalue weighted by Crippen LogP contribution is 2.19. The molecule has 1 amide bonds. The third-order valence-electron chi connectivity index (χ3n) is 3.17. The van der Waals surface area contributed by atoms with Crippen LogP contribution in [-0.2, 0) is 9.84 Å². The Bertz CT molecular complexity index is 820. The Morgan fingerprint density at radius 3 is 2.42 bits per heavy atom. The third kappa shape index (κ3) is 4.51. The van der Waals surface area contributed by atoms with E-state index < -0.39 is 22.4 Å². The molecule has 2 aromatic carbocycles. The number of hydrogen-bond donors (Lipinski definition) is 1. The number of ether oxygens (including phenoxy) is 1. The maximum atomic E-state index is 12.2. The van der Waals surface area contributed by atoms with Crippen LogP contribution in [0.2, 0.25) is 0 Å². The van der Waals surface area contributed by atoms with E-state index in [0.29, 0.717) is 5.69 Å². The first-order valence-corrected chi connectivity index (χ1v) is 8.66. The second-order valence-corrected chi connectivity index (χ2v) is 7.07. The number of hydrogen-bond acceptors (Lipinski definition) is 4. The molecule has 0 heterocycles. The molecular formula is C16H15F2NO4S. The van der Waals surface area contributed by atoms with Gasteiger partial charge in [-0.3, -0.25) is 4.79 Å². The summed E-state index contributed by atoms with van der Waals surface area (Å²) in [7, 11) is -3.31. The lowest BCUT2D eigenvalue weighted by molar-refractivity contribution is -0.0498. The van der Waals surface area contributed by atoms with Crippen molar-refractivity contribution >= 4 is 21.4 Å². The van der Waals surface area contributed by atoms with E-state index in [0.717, 1.165) is 0 Å². The summed E-state index contributed by atoms with van der Waals surface area (Å²) in [6.45, 7) is -1.43. The highest BCUT2D eigenvalue weighted by molar-refractivity contribution is 7.91. The van der Waals surface area contributed by atoms with Crippen LogP contribution in [0, 0.1) is 0 Å². The Morgan fingerprint density at radius 1 is 1.17 bits per heavy atom. The highest BCUT2D eigenvalue weighted by Gasteiger charge is 2.13. The van der Waals surface area contributed by atoms with Crippen LogP contribution in [0.4, 0.5) is 14.5 Å². The highest BCUT2D eigenvalue weighted by atomic mass is 32.2. The van der Waals surface area contributed by atoms with Gasteiger partial charge in [-0.1, -0.05) is 13.0 Å². The summed E-state index contributed by atoms with van der Waals surface area (Å²) in [6.07, 6.45) is 0. The summed E-state index contributed by atoms with van der Waals surface area (Å²) in [5.74, 6) is -0.668. The van der Waals surface area contributed by atoms with E-state index in [1.165, 1.54) is 48.5 Å². The topological polar surface area (TPSA) is 72.5 Å². The minimum atomic E-state index is -3.31. The van der Waals surface area contributed by atoms with Gasteiger partial charge in [0.05, 0.1) is 10.6 Å². The number of nitrogens with one attached hydrogen (secondary N) is 1. The van der Waals surface area contributed by atoms with Crippen molar-refractivity contribution in [3.8, 4) is 5.75 Å². The van der Waals surface area contributed by atoms with Crippen molar-refractivity contribution in [3.05, 3.63) is 54.1 Å². The maximum absolute atomic E-state index is 12.2. The number of anilines is 1. The zero-order valence-electron chi connectivity index (χ0n) is 12.7. The van der Waals surface area contributed by atoms with Crippen molar-refractivity contribution < 1.29 is 26.7 Å². The normalized spacial score (nSPS) is 11.3. The molecule has 2 rings (SSSR count). The molecule has 0 aliphatic heterocycles. The summed E-state index contributed by atoms with van der Waals surface area (Å²) in [4.78, 5) is 12.3. The van der Waals surface area contributed by atoms with Gasteiger partial charge < -0.3 is 10.1 Å². The Hall–Kier alpha value is -2.48. The molecule has 0 atom stereocenters. The number of rotatable bonds is 6. The molecule has 0 aromatic heterocycles. The Morgan fingerprint density at radius 2 is 1.83 bits per heavy atom. The predicted octanol–water partition coefficient (Wildman–Crippen LogP) is 3.33. The molecule has 0 unspecified atom stereocenters. The van der Waals surface area contributed by atoms with Crippen LogP contribution in [0.1, 0.15) is 17.3 Å². The van der Waals surface area contributed by atoms with Gasteiger partial charge in [-0.05, 0) is 42.5 Å². The van der Waals surface area contributed by atoms with Gasteiger partial charge in [-0.2, -0.15) is 8.78 Å². The van der Waals surface area contributed by atoms with Gasteiger partial charge in [0.1, 0.15) is 5.75 Å². The van der Waals surface area contributed by atoms with Crippen LogP contribution >= 0.6 is 0 Å². The first-order valence-electron chi connectivity index (χ1n) is 7.01. The maximum Gasteiger partial charge on any atom is 0.387 e. The summed E-state index contributed by atoms with van der Waals surface area (Å²) in [5, 5.41) is 2.56. The fraction of sp³-hybridized carbons (Fsp3) is 0.188. The van der Waals surface area contributed by atoms with Gasteiger partial charge in [0.15, 0.2) is 9.84 Å². The van der Waals surface area contributed by atoms with Gasteiger partial charge in [-0.15, -0.1) is 0 Å². The molecule has 2 aromatic rings. The standard InChI is InChI=1S/C16H15F2NO4S/c1-2-24(21,22)14-8-6-12(7-9-14)19-15(20)11-4-3-5-13(10-11)23-16(17)18/h3-10,16H,2H2,1H3,(H,19,20). The van der Waals surface area contributed by atoms with Crippen molar-refractivity contribution in [2.75, 3.05) is 11.1 Å². The molecule has 0 spiro atoms. The monoisotopic (exact) mass is 355 g/mol. The minimum Gasteiger partial charge on any atom is -0.435 e. The smallest absolute Gasteiger partial charge is 0.387 e. The lowest BCUT2D eigenvalue weighted by Gasteiger charge is -2.08.